The molecule has 1 rings (SSSR count). The van der Waals surface area contributed by atoms with Crippen molar-refractivity contribution in [2.75, 3.05) is 0 Å². The van der Waals surface area contributed by atoms with E-state index in [1.807, 2.05) is 0 Å². The summed E-state index contributed by atoms with van der Waals surface area (Å²) in [6.07, 6.45) is 22.5. The van der Waals surface area contributed by atoms with Gasteiger partial charge in [-0.1, -0.05) is 130 Å². The molecule has 0 bridgehead atoms. The molecule has 0 nitrogen and oxygen atoms in total. The lowest BCUT2D eigenvalue weighted by Gasteiger charge is -2.09. The van der Waals surface area contributed by atoms with E-state index in [-0.39, 0.29) is 0 Å². The maximum atomic E-state index is 3.88. The van der Waals surface area contributed by atoms with Crippen LogP contribution < -0.4 is 0 Å². The molecule has 0 heterocycles. The first kappa shape index (κ1) is 22.7. The van der Waals surface area contributed by atoms with E-state index in [0.29, 0.717) is 0 Å². The van der Waals surface area contributed by atoms with Crippen LogP contribution in [0.1, 0.15) is 109 Å². The molecule has 1 unspecified atom stereocenters. The van der Waals surface area contributed by atoms with Gasteiger partial charge in [-0.2, -0.15) is 0 Å². The van der Waals surface area contributed by atoms with Gasteiger partial charge in [-0.25, -0.2) is 0 Å². The minimum atomic E-state index is 0.722. The van der Waals surface area contributed by atoms with Gasteiger partial charge in [0.1, 0.15) is 0 Å². The van der Waals surface area contributed by atoms with Crippen molar-refractivity contribution in [3.05, 3.63) is 35.9 Å². The van der Waals surface area contributed by atoms with Crippen molar-refractivity contribution in [3.8, 4) is 0 Å². The van der Waals surface area contributed by atoms with E-state index in [9.17, 15) is 0 Å². The van der Waals surface area contributed by atoms with Crippen molar-refractivity contribution in [2.45, 2.75) is 114 Å². The first-order chi connectivity index (χ1) is 12.3. The summed E-state index contributed by atoms with van der Waals surface area (Å²) in [5, 5.41) is 0. The van der Waals surface area contributed by atoms with E-state index in [2.05, 4.69) is 53.2 Å². The zero-order valence-electron chi connectivity index (χ0n) is 16.7. The van der Waals surface area contributed by atoms with Crippen molar-refractivity contribution in [2.24, 2.45) is 0 Å². The molecule has 0 aliphatic heterocycles. The number of unbranched alkanes of at least 4 members (excludes halogenated alkanes) is 11. The van der Waals surface area contributed by atoms with Gasteiger partial charge in [-0.05, 0) is 31.2 Å². The normalized spacial score (nSPS) is 12.4. The highest BCUT2D eigenvalue weighted by atomic mass is 79.9. The van der Waals surface area contributed by atoms with Crippen LogP contribution in [0.4, 0.5) is 0 Å². The summed E-state index contributed by atoms with van der Waals surface area (Å²) in [6.45, 7) is 2.29. The highest BCUT2D eigenvalue weighted by molar-refractivity contribution is 9.09. The molecule has 0 aliphatic rings. The molecule has 0 spiro atoms. The van der Waals surface area contributed by atoms with Crippen LogP contribution in [0.2, 0.25) is 0 Å². The van der Waals surface area contributed by atoms with Crippen LogP contribution in [-0.4, -0.2) is 4.83 Å². The Bertz CT molecular complexity index is 373. The van der Waals surface area contributed by atoms with E-state index in [1.165, 1.54) is 108 Å². The molecule has 1 aromatic rings. The second-order valence-corrected chi connectivity index (χ2v) is 8.95. The van der Waals surface area contributed by atoms with Crippen LogP contribution in [0.25, 0.3) is 0 Å². The summed E-state index contributed by atoms with van der Waals surface area (Å²) in [5.41, 5.74) is 1.48. The molecule has 0 radical (unpaired) electrons. The molecule has 25 heavy (non-hydrogen) atoms. The second kappa shape index (κ2) is 17.1. The fourth-order valence-electron chi connectivity index (χ4n) is 3.52. The lowest BCUT2D eigenvalue weighted by atomic mass is 10.0. The van der Waals surface area contributed by atoms with Crippen molar-refractivity contribution < 1.29 is 0 Å². The Morgan fingerprint density at radius 3 is 1.68 bits per heavy atom. The van der Waals surface area contributed by atoms with Crippen molar-refractivity contribution in [3.63, 3.8) is 0 Å². The van der Waals surface area contributed by atoms with Crippen LogP contribution in [0.3, 0.4) is 0 Å². The SMILES string of the molecule is CCCCCCCCCCCCCCC(Br)CCCc1ccccc1. The Kier molecular flexibility index (Phi) is 15.6. The number of benzene rings is 1. The van der Waals surface area contributed by atoms with Crippen LogP contribution >= 0.6 is 15.9 Å². The zero-order chi connectivity index (χ0) is 18.0. The molecule has 0 saturated carbocycles. The first-order valence-corrected chi connectivity index (χ1v) is 11.9. The Morgan fingerprint density at radius 1 is 0.640 bits per heavy atom. The van der Waals surface area contributed by atoms with E-state index >= 15 is 0 Å². The van der Waals surface area contributed by atoms with Gasteiger partial charge in [0.15, 0.2) is 0 Å². The summed E-state index contributed by atoms with van der Waals surface area (Å²) < 4.78 is 0. The third-order valence-corrected chi connectivity index (χ3v) is 6.11. The van der Waals surface area contributed by atoms with E-state index < -0.39 is 0 Å². The Hall–Kier alpha value is -0.300. The van der Waals surface area contributed by atoms with Gasteiger partial charge in [0.25, 0.3) is 0 Å². The van der Waals surface area contributed by atoms with E-state index in [0.717, 1.165) is 4.83 Å². The van der Waals surface area contributed by atoms with Crippen molar-refractivity contribution >= 4 is 15.9 Å². The summed E-state index contributed by atoms with van der Waals surface area (Å²) >= 11 is 3.88. The molecular weight excluding hydrogens is 368 g/mol. The van der Waals surface area contributed by atoms with Crippen molar-refractivity contribution in [1.29, 1.82) is 0 Å². The summed E-state index contributed by atoms with van der Waals surface area (Å²) in [6, 6.07) is 10.9. The van der Waals surface area contributed by atoms with Gasteiger partial charge in [-0.3, -0.25) is 0 Å². The highest BCUT2D eigenvalue weighted by Crippen LogP contribution is 2.19. The molecule has 0 fully saturated rings. The van der Waals surface area contributed by atoms with E-state index in [1.54, 1.807) is 0 Å². The number of rotatable bonds is 17. The molecule has 0 N–H and O–H groups in total. The zero-order valence-corrected chi connectivity index (χ0v) is 18.2. The molecule has 0 aromatic heterocycles. The van der Waals surface area contributed by atoms with Gasteiger partial charge in [0, 0.05) is 4.83 Å². The maximum Gasteiger partial charge on any atom is 0.0145 e. The van der Waals surface area contributed by atoms with Crippen LogP contribution in [0.15, 0.2) is 30.3 Å². The number of hydrogen-bond acceptors (Lipinski definition) is 0. The third-order valence-electron chi connectivity index (χ3n) is 5.20. The van der Waals surface area contributed by atoms with Gasteiger partial charge in [0.2, 0.25) is 0 Å². The van der Waals surface area contributed by atoms with E-state index in [4.69, 9.17) is 0 Å². The average Bonchev–Trinajstić information content (AvgIpc) is 2.63. The molecule has 144 valence electrons. The van der Waals surface area contributed by atoms with Gasteiger partial charge in [0.05, 0.1) is 0 Å². The summed E-state index contributed by atoms with van der Waals surface area (Å²) in [4.78, 5) is 0.722. The first-order valence-electron chi connectivity index (χ1n) is 11.0. The Labute approximate surface area is 166 Å². The minimum Gasteiger partial charge on any atom is -0.0891 e. The number of aryl methyl sites for hydroxylation is 1. The van der Waals surface area contributed by atoms with Gasteiger partial charge >= 0.3 is 0 Å². The number of alkyl halides is 1. The van der Waals surface area contributed by atoms with Crippen LogP contribution in [-0.2, 0) is 6.42 Å². The molecule has 0 saturated heterocycles. The maximum absolute atomic E-state index is 3.88. The Balaban J connectivity index is 1.80. The molecule has 1 atom stereocenters. The lowest BCUT2D eigenvalue weighted by Crippen LogP contribution is -1.99. The second-order valence-electron chi connectivity index (χ2n) is 7.65. The molecule has 1 heteroatoms. The molecule has 0 aliphatic carbocycles. The smallest absolute Gasteiger partial charge is 0.0145 e. The number of halogens is 1. The monoisotopic (exact) mass is 408 g/mol. The lowest BCUT2D eigenvalue weighted by molar-refractivity contribution is 0.533. The topological polar surface area (TPSA) is 0 Å². The molecule has 1 aromatic carbocycles. The van der Waals surface area contributed by atoms with Crippen LogP contribution in [0.5, 0.6) is 0 Å². The molecule has 0 amide bonds. The quantitative estimate of drug-likeness (QED) is 0.178. The summed E-state index contributed by atoms with van der Waals surface area (Å²) in [7, 11) is 0. The van der Waals surface area contributed by atoms with Gasteiger partial charge < -0.3 is 0 Å². The predicted octanol–water partition coefficient (Wildman–Crippen LogP) is 8.86. The summed E-state index contributed by atoms with van der Waals surface area (Å²) in [5.74, 6) is 0. The van der Waals surface area contributed by atoms with Gasteiger partial charge in [-0.15, -0.1) is 0 Å². The predicted molar refractivity (Wildman–Crippen MR) is 118 cm³/mol. The fourth-order valence-corrected chi connectivity index (χ4v) is 4.17. The highest BCUT2D eigenvalue weighted by Gasteiger charge is 2.04. The largest absolute Gasteiger partial charge is 0.0891 e. The minimum absolute atomic E-state index is 0.722. The fraction of sp³-hybridized carbons (Fsp3) is 0.750. The Morgan fingerprint density at radius 2 is 1.12 bits per heavy atom. The van der Waals surface area contributed by atoms with Crippen molar-refractivity contribution in [1.82, 2.24) is 0 Å². The standard InChI is InChI=1S/C24H41Br/c1-2-3-4-5-6-7-8-9-10-11-12-16-21-24(25)22-17-20-23-18-14-13-15-19-23/h13-15,18-19,24H,2-12,16-17,20-22H2,1H3. The number of hydrogen-bond donors (Lipinski definition) is 0. The van der Waals surface area contributed by atoms with Crippen LogP contribution in [0, 0.1) is 0 Å². The molecular formula is C24H41Br. The third kappa shape index (κ3) is 14.5. The average molecular weight is 409 g/mol.